The summed E-state index contributed by atoms with van der Waals surface area (Å²) in [5.41, 5.74) is 6.68. The maximum absolute atomic E-state index is 13.6. The molecule has 0 aromatic heterocycles. The van der Waals surface area contributed by atoms with Gasteiger partial charge < -0.3 is 10.1 Å². The van der Waals surface area contributed by atoms with Crippen molar-refractivity contribution in [1.29, 1.82) is 0 Å². The number of hydrogen-bond donors (Lipinski definition) is 3. The van der Waals surface area contributed by atoms with Crippen LogP contribution in [0.15, 0.2) is 48.5 Å². The monoisotopic (exact) mass is 407 g/mol. The molecule has 0 unspecified atom stereocenters. The summed E-state index contributed by atoms with van der Waals surface area (Å²) in [6.45, 7) is 0.601. The van der Waals surface area contributed by atoms with Gasteiger partial charge in [0.15, 0.2) is 16.7 Å². The van der Waals surface area contributed by atoms with Gasteiger partial charge in [-0.3, -0.25) is 15.6 Å². The summed E-state index contributed by atoms with van der Waals surface area (Å²) in [6.07, 6.45) is 3.51. The van der Waals surface area contributed by atoms with Crippen molar-refractivity contribution in [2.24, 2.45) is 0 Å². The number of carbonyl (C=O) groups is 1. The van der Waals surface area contributed by atoms with E-state index in [9.17, 15) is 9.18 Å². The number of carbonyl (C=O) groups excluding carboxylic acids is 1. The Bertz CT molecular complexity index is 828. The zero-order valence-corrected chi connectivity index (χ0v) is 16.2. The van der Waals surface area contributed by atoms with Gasteiger partial charge in [-0.2, -0.15) is 0 Å². The molecule has 5 nitrogen and oxygen atoms in total. The predicted octanol–water partition coefficient (Wildman–Crippen LogP) is 3.24. The first-order chi connectivity index (χ1) is 13.0. The lowest BCUT2D eigenvalue weighted by Crippen LogP contribution is -2.46. The minimum atomic E-state index is -0.496. The van der Waals surface area contributed by atoms with Crippen molar-refractivity contribution < 1.29 is 13.9 Å². The Morgan fingerprint density at radius 1 is 1.22 bits per heavy atom. The Kier molecular flexibility index (Phi) is 8.03. The van der Waals surface area contributed by atoms with Gasteiger partial charge in [-0.05, 0) is 60.1 Å². The molecule has 0 bridgehead atoms. The second kappa shape index (κ2) is 10.5. The lowest BCUT2D eigenvalue weighted by molar-refractivity contribution is -0.116. The lowest BCUT2D eigenvalue weighted by atomic mass is 10.1. The molecule has 0 aliphatic carbocycles. The van der Waals surface area contributed by atoms with E-state index in [-0.39, 0.29) is 5.75 Å². The zero-order chi connectivity index (χ0) is 19.6. The summed E-state index contributed by atoms with van der Waals surface area (Å²) < 4.78 is 18.4. The largest absolute Gasteiger partial charge is 0.494 e. The van der Waals surface area contributed by atoms with Crippen LogP contribution in [0.3, 0.4) is 0 Å². The van der Waals surface area contributed by atoms with Crippen molar-refractivity contribution in [2.75, 3.05) is 13.7 Å². The first-order valence-corrected chi connectivity index (χ1v) is 8.86. The van der Waals surface area contributed by atoms with E-state index in [2.05, 4.69) is 16.2 Å². The van der Waals surface area contributed by atoms with Crippen molar-refractivity contribution in [3.05, 3.63) is 70.5 Å². The number of halogens is 2. The molecular weight excluding hydrogens is 389 g/mol. The number of thiocarbonyl (C=S) groups is 1. The van der Waals surface area contributed by atoms with E-state index in [4.69, 9.17) is 28.6 Å². The van der Waals surface area contributed by atoms with Gasteiger partial charge in [0.05, 0.1) is 7.11 Å². The third-order valence-corrected chi connectivity index (χ3v) is 4.01. The molecule has 0 saturated heterocycles. The number of ether oxygens (including phenoxy) is 1. The molecule has 0 heterocycles. The van der Waals surface area contributed by atoms with Crippen LogP contribution in [0, 0.1) is 5.82 Å². The number of benzene rings is 2. The molecule has 0 fully saturated rings. The molecule has 0 radical (unpaired) electrons. The molecule has 142 valence electrons. The van der Waals surface area contributed by atoms with Gasteiger partial charge in [0.2, 0.25) is 0 Å². The molecule has 2 aromatic carbocycles. The second-order valence-electron chi connectivity index (χ2n) is 5.47. The SMILES string of the molecule is COc1ccc(/C=C/C(=O)NNC(=S)NCCc2ccc(Cl)cc2)cc1F. The summed E-state index contributed by atoms with van der Waals surface area (Å²) in [6, 6.07) is 11.9. The quantitative estimate of drug-likeness (QED) is 0.390. The average molecular weight is 408 g/mol. The first kappa shape index (κ1) is 20.7. The van der Waals surface area contributed by atoms with E-state index in [0.29, 0.717) is 22.2 Å². The van der Waals surface area contributed by atoms with Crippen LogP contribution in [0.2, 0.25) is 5.02 Å². The summed E-state index contributed by atoms with van der Waals surface area (Å²) in [4.78, 5) is 11.8. The van der Waals surface area contributed by atoms with E-state index in [1.807, 2.05) is 24.3 Å². The first-order valence-electron chi connectivity index (χ1n) is 8.08. The number of amides is 1. The van der Waals surface area contributed by atoms with Gasteiger partial charge in [0.1, 0.15) is 0 Å². The fraction of sp³-hybridized carbons (Fsp3) is 0.158. The van der Waals surface area contributed by atoms with E-state index in [1.54, 1.807) is 6.07 Å². The second-order valence-corrected chi connectivity index (χ2v) is 6.32. The summed E-state index contributed by atoms with van der Waals surface area (Å²) in [5, 5.41) is 3.96. The molecular formula is C19H19ClFN3O2S. The van der Waals surface area contributed by atoms with Crippen LogP contribution in [0.5, 0.6) is 5.75 Å². The molecule has 3 N–H and O–H groups in total. The number of rotatable bonds is 6. The fourth-order valence-corrected chi connectivity index (χ4v) is 2.41. The normalized spacial score (nSPS) is 10.5. The molecule has 0 spiro atoms. The van der Waals surface area contributed by atoms with Gasteiger partial charge in [0.25, 0.3) is 5.91 Å². The molecule has 0 atom stereocenters. The molecule has 0 aliphatic rings. The minimum Gasteiger partial charge on any atom is -0.494 e. The van der Waals surface area contributed by atoms with E-state index in [0.717, 1.165) is 12.0 Å². The Morgan fingerprint density at radius 3 is 2.63 bits per heavy atom. The van der Waals surface area contributed by atoms with Crippen molar-refractivity contribution in [3.8, 4) is 5.75 Å². The van der Waals surface area contributed by atoms with Crippen LogP contribution in [0.1, 0.15) is 11.1 Å². The van der Waals surface area contributed by atoms with Crippen LogP contribution < -0.4 is 20.9 Å². The summed E-state index contributed by atoms with van der Waals surface area (Å²) in [5.74, 6) is -0.773. The third-order valence-electron chi connectivity index (χ3n) is 3.51. The van der Waals surface area contributed by atoms with Gasteiger partial charge in [-0.1, -0.05) is 29.8 Å². The maximum Gasteiger partial charge on any atom is 0.262 e. The highest BCUT2D eigenvalue weighted by atomic mass is 35.5. The van der Waals surface area contributed by atoms with Crippen molar-refractivity contribution in [3.63, 3.8) is 0 Å². The molecule has 0 saturated carbocycles. The predicted molar refractivity (Wildman–Crippen MR) is 109 cm³/mol. The molecule has 1 amide bonds. The Hall–Kier alpha value is -2.64. The number of hydrogen-bond acceptors (Lipinski definition) is 3. The molecule has 2 aromatic rings. The third kappa shape index (κ3) is 7.24. The maximum atomic E-state index is 13.6. The van der Waals surface area contributed by atoms with Crippen LogP contribution >= 0.6 is 23.8 Å². The highest BCUT2D eigenvalue weighted by molar-refractivity contribution is 7.80. The van der Waals surface area contributed by atoms with E-state index >= 15 is 0 Å². The number of hydrazine groups is 1. The van der Waals surface area contributed by atoms with Gasteiger partial charge in [-0.15, -0.1) is 0 Å². The van der Waals surface area contributed by atoms with Gasteiger partial charge in [0, 0.05) is 17.6 Å². The summed E-state index contributed by atoms with van der Waals surface area (Å²) in [7, 11) is 1.39. The Labute approximate surface area is 167 Å². The lowest BCUT2D eigenvalue weighted by Gasteiger charge is -2.10. The van der Waals surface area contributed by atoms with Gasteiger partial charge >= 0.3 is 0 Å². The van der Waals surface area contributed by atoms with Crippen molar-refractivity contribution in [2.45, 2.75) is 6.42 Å². The smallest absolute Gasteiger partial charge is 0.262 e. The van der Waals surface area contributed by atoms with Crippen LogP contribution in [-0.4, -0.2) is 24.7 Å². The van der Waals surface area contributed by atoms with Gasteiger partial charge in [-0.25, -0.2) is 4.39 Å². The van der Waals surface area contributed by atoms with Crippen molar-refractivity contribution in [1.82, 2.24) is 16.2 Å². The average Bonchev–Trinajstić information content (AvgIpc) is 2.66. The van der Waals surface area contributed by atoms with Crippen LogP contribution in [0.25, 0.3) is 6.08 Å². The van der Waals surface area contributed by atoms with Crippen molar-refractivity contribution >= 4 is 40.9 Å². The fourth-order valence-electron chi connectivity index (χ4n) is 2.13. The van der Waals surface area contributed by atoms with E-state index in [1.165, 1.54) is 31.4 Å². The standard InChI is InChI=1S/C19H19ClFN3O2S/c1-26-17-8-4-14(12-16(17)21)5-9-18(25)23-24-19(27)22-11-10-13-2-6-15(20)7-3-13/h2-9,12H,10-11H2,1H3,(H,23,25)(H2,22,24,27)/b9-5+. The molecule has 2 rings (SSSR count). The Balaban J connectivity index is 1.70. The minimum absolute atomic E-state index is 0.147. The highest BCUT2D eigenvalue weighted by Gasteiger charge is 2.02. The molecule has 0 aliphatic heterocycles. The topological polar surface area (TPSA) is 62.4 Å². The Morgan fingerprint density at radius 2 is 1.96 bits per heavy atom. The molecule has 8 heteroatoms. The number of nitrogens with one attached hydrogen (secondary N) is 3. The van der Waals surface area contributed by atoms with Crippen LogP contribution in [-0.2, 0) is 11.2 Å². The summed E-state index contributed by atoms with van der Waals surface area (Å²) >= 11 is 10.9. The highest BCUT2D eigenvalue weighted by Crippen LogP contribution is 2.18. The zero-order valence-electron chi connectivity index (χ0n) is 14.6. The van der Waals surface area contributed by atoms with Crippen LogP contribution in [0.4, 0.5) is 4.39 Å². The number of methoxy groups -OCH3 is 1. The van der Waals surface area contributed by atoms with E-state index < -0.39 is 11.7 Å². The molecule has 27 heavy (non-hydrogen) atoms.